The van der Waals surface area contributed by atoms with E-state index in [9.17, 15) is 4.79 Å². The zero-order valence-electron chi connectivity index (χ0n) is 14.5. The molecule has 1 aliphatic rings. The van der Waals surface area contributed by atoms with E-state index in [2.05, 4.69) is 26.7 Å². The predicted molar refractivity (Wildman–Crippen MR) is 96.3 cm³/mol. The van der Waals surface area contributed by atoms with Gasteiger partial charge in [-0.2, -0.15) is 0 Å². The van der Waals surface area contributed by atoms with Gasteiger partial charge in [0.1, 0.15) is 11.5 Å². The Kier molecular flexibility index (Phi) is 5.82. The minimum atomic E-state index is -0.236. The lowest BCUT2D eigenvalue weighted by atomic mass is 9.97. The number of nitrogens with zero attached hydrogens (tertiary/aromatic N) is 2. The van der Waals surface area contributed by atoms with E-state index in [1.54, 1.807) is 18.4 Å². The second-order valence-electron chi connectivity index (χ2n) is 6.27. The van der Waals surface area contributed by atoms with Crippen molar-refractivity contribution in [1.82, 2.24) is 15.3 Å². The summed E-state index contributed by atoms with van der Waals surface area (Å²) in [6.45, 7) is 2.98. The third-order valence-corrected chi connectivity index (χ3v) is 4.20. The number of amides is 1. The largest absolute Gasteiger partial charge is 0.467 e. The summed E-state index contributed by atoms with van der Waals surface area (Å²) in [4.78, 5) is 21.0. The molecule has 1 amide bonds. The summed E-state index contributed by atoms with van der Waals surface area (Å²) in [5.74, 6) is 0.970. The van der Waals surface area contributed by atoms with Crippen LogP contribution in [-0.4, -0.2) is 22.4 Å². The van der Waals surface area contributed by atoms with Crippen LogP contribution in [0.4, 0.5) is 5.95 Å². The molecule has 2 aromatic rings. The monoisotopic (exact) mass is 340 g/mol. The van der Waals surface area contributed by atoms with Gasteiger partial charge in [-0.25, -0.2) is 9.97 Å². The second kappa shape index (κ2) is 8.46. The number of carbonyl (C=O) groups is 1. The van der Waals surface area contributed by atoms with E-state index in [1.807, 2.05) is 13.0 Å². The van der Waals surface area contributed by atoms with Gasteiger partial charge in [-0.1, -0.05) is 11.6 Å². The molecule has 25 heavy (non-hydrogen) atoms. The smallest absolute Gasteiger partial charge is 0.270 e. The Balaban J connectivity index is 1.55. The standard InChI is InChI=1S/C19H24N4O2/c1-14-12-17(18(24)21-13-16-8-5-11-25-16)23-19(22-14)20-10-9-15-6-3-2-4-7-15/h5-6,8,11-12H,2-4,7,9-10,13H2,1H3,(H,21,24)(H,20,22,23). The maximum atomic E-state index is 12.3. The van der Waals surface area contributed by atoms with Gasteiger partial charge in [-0.15, -0.1) is 0 Å². The van der Waals surface area contributed by atoms with Gasteiger partial charge in [-0.05, 0) is 57.2 Å². The maximum Gasteiger partial charge on any atom is 0.270 e. The highest BCUT2D eigenvalue weighted by molar-refractivity contribution is 5.92. The molecule has 0 aromatic carbocycles. The fourth-order valence-electron chi connectivity index (χ4n) is 2.90. The van der Waals surface area contributed by atoms with E-state index in [0.717, 1.165) is 18.7 Å². The molecule has 0 atom stereocenters. The summed E-state index contributed by atoms with van der Waals surface area (Å²) in [7, 11) is 0. The average molecular weight is 340 g/mol. The maximum absolute atomic E-state index is 12.3. The first-order valence-electron chi connectivity index (χ1n) is 8.79. The number of carbonyl (C=O) groups excluding carboxylic acids is 1. The normalized spacial score (nSPS) is 14.0. The third kappa shape index (κ3) is 5.17. The van der Waals surface area contributed by atoms with Gasteiger partial charge in [0.25, 0.3) is 5.91 Å². The molecule has 0 bridgehead atoms. The lowest BCUT2D eigenvalue weighted by Gasteiger charge is -2.13. The first kappa shape index (κ1) is 17.2. The van der Waals surface area contributed by atoms with Crippen LogP contribution in [0.5, 0.6) is 0 Å². The molecule has 0 saturated carbocycles. The fraction of sp³-hybridized carbons (Fsp3) is 0.421. The van der Waals surface area contributed by atoms with Gasteiger partial charge in [0.05, 0.1) is 12.8 Å². The number of aromatic nitrogens is 2. The molecule has 1 aliphatic carbocycles. The van der Waals surface area contributed by atoms with Gasteiger partial charge in [0.2, 0.25) is 5.95 Å². The number of hydrogen-bond donors (Lipinski definition) is 2. The zero-order valence-corrected chi connectivity index (χ0v) is 14.5. The SMILES string of the molecule is Cc1cc(C(=O)NCc2ccco2)nc(NCCC2=CCCCC2)n1. The third-order valence-electron chi connectivity index (χ3n) is 4.20. The number of hydrogen-bond acceptors (Lipinski definition) is 5. The number of nitrogens with one attached hydrogen (secondary N) is 2. The van der Waals surface area contributed by atoms with Crippen LogP contribution in [0.15, 0.2) is 40.5 Å². The van der Waals surface area contributed by atoms with E-state index in [4.69, 9.17) is 4.42 Å². The van der Waals surface area contributed by atoms with Crippen LogP contribution in [-0.2, 0) is 6.54 Å². The molecule has 6 nitrogen and oxygen atoms in total. The van der Waals surface area contributed by atoms with Gasteiger partial charge in [-0.3, -0.25) is 4.79 Å². The van der Waals surface area contributed by atoms with Crippen LogP contribution in [0, 0.1) is 6.92 Å². The topological polar surface area (TPSA) is 80.0 Å². The highest BCUT2D eigenvalue weighted by Gasteiger charge is 2.11. The number of anilines is 1. The Hall–Kier alpha value is -2.63. The predicted octanol–water partition coefficient (Wildman–Crippen LogP) is 3.61. The van der Waals surface area contributed by atoms with E-state index in [-0.39, 0.29) is 5.91 Å². The first-order valence-corrected chi connectivity index (χ1v) is 8.79. The summed E-state index contributed by atoms with van der Waals surface area (Å²) >= 11 is 0. The Morgan fingerprint density at radius 1 is 1.32 bits per heavy atom. The van der Waals surface area contributed by atoms with Gasteiger partial charge in [0.15, 0.2) is 0 Å². The molecule has 2 heterocycles. The molecule has 6 heteroatoms. The molecule has 0 aliphatic heterocycles. The Morgan fingerprint density at radius 2 is 2.24 bits per heavy atom. The minimum absolute atomic E-state index is 0.236. The molecule has 0 saturated heterocycles. The molecular weight excluding hydrogens is 316 g/mol. The van der Waals surface area contributed by atoms with Crippen LogP contribution in [0.3, 0.4) is 0 Å². The summed E-state index contributed by atoms with van der Waals surface area (Å²) in [6.07, 6.45) is 9.89. The number of furan rings is 1. The fourth-order valence-corrected chi connectivity index (χ4v) is 2.90. The number of rotatable bonds is 7. The molecule has 0 spiro atoms. The van der Waals surface area contributed by atoms with Crippen molar-refractivity contribution < 1.29 is 9.21 Å². The highest BCUT2D eigenvalue weighted by Crippen LogP contribution is 2.19. The van der Waals surface area contributed by atoms with Crippen molar-refractivity contribution in [3.05, 3.63) is 53.3 Å². The van der Waals surface area contributed by atoms with E-state index < -0.39 is 0 Å². The van der Waals surface area contributed by atoms with Crippen molar-refractivity contribution in [2.24, 2.45) is 0 Å². The average Bonchev–Trinajstić information content (AvgIpc) is 3.14. The first-order chi connectivity index (χ1) is 12.2. The van der Waals surface area contributed by atoms with Gasteiger partial charge in [0, 0.05) is 12.2 Å². The van der Waals surface area contributed by atoms with Crippen LogP contribution >= 0.6 is 0 Å². The van der Waals surface area contributed by atoms with Crippen LogP contribution in [0.2, 0.25) is 0 Å². The number of aryl methyl sites for hydroxylation is 1. The summed E-state index contributed by atoms with van der Waals surface area (Å²) < 4.78 is 5.21. The van der Waals surface area contributed by atoms with Crippen molar-refractivity contribution in [1.29, 1.82) is 0 Å². The van der Waals surface area contributed by atoms with E-state index in [1.165, 1.54) is 31.3 Å². The van der Waals surface area contributed by atoms with E-state index >= 15 is 0 Å². The summed E-state index contributed by atoms with van der Waals surface area (Å²) in [5, 5.41) is 6.04. The lowest BCUT2D eigenvalue weighted by Crippen LogP contribution is -2.24. The lowest BCUT2D eigenvalue weighted by molar-refractivity contribution is 0.0943. The summed E-state index contributed by atoms with van der Waals surface area (Å²) in [5.41, 5.74) is 2.62. The zero-order chi connectivity index (χ0) is 17.5. The summed E-state index contributed by atoms with van der Waals surface area (Å²) in [6, 6.07) is 5.30. The van der Waals surface area contributed by atoms with Gasteiger partial charge < -0.3 is 15.1 Å². The van der Waals surface area contributed by atoms with Crippen molar-refractivity contribution in [3.63, 3.8) is 0 Å². The van der Waals surface area contributed by atoms with E-state index in [0.29, 0.717) is 23.9 Å². The molecule has 0 fully saturated rings. The second-order valence-corrected chi connectivity index (χ2v) is 6.27. The quantitative estimate of drug-likeness (QED) is 0.753. The van der Waals surface area contributed by atoms with Crippen molar-refractivity contribution in [2.45, 2.75) is 45.6 Å². The minimum Gasteiger partial charge on any atom is -0.467 e. The Bertz CT molecular complexity index is 738. The van der Waals surface area contributed by atoms with Crippen LogP contribution in [0.25, 0.3) is 0 Å². The Morgan fingerprint density at radius 3 is 3.00 bits per heavy atom. The highest BCUT2D eigenvalue weighted by atomic mass is 16.3. The molecule has 2 N–H and O–H groups in total. The van der Waals surface area contributed by atoms with Crippen LogP contribution in [0.1, 0.15) is 54.0 Å². The molecule has 132 valence electrons. The molecular formula is C19H24N4O2. The molecule has 3 rings (SSSR count). The molecule has 2 aromatic heterocycles. The van der Waals surface area contributed by atoms with Crippen molar-refractivity contribution >= 4 is 11.9 Å². The number of allylic oxidation sites excluding steroid dienone is 1. The van der Waals surface area contributed by atoms with Crippen LogP contribution < -0.4 is 10.6 Å². The molecule has 0 unspecified atom stereocenters. The Labute approximate surface area is 147 Å². The molecule has 0 radical (unpaired) electrons. The van der Waals surface area contributed by atoms with Gasteiger partial charge >= 0.3 is 0 Å². The van der Waals surface area contributed by atoms with Crippen molar-refractivity contribution in [2.75, 3.05) is 11.9 Å². The van der Waals surface area contributed by atoms with Crippen molar-refractivity contribution in [3.8, 4) is 0 Å².